The Hall–Kier alpha value is -2.56. The predicted molar refractivity (Wildman–Crippen MR) is 82.4 cm³/mol. The van der Waals surface area contributed by atoms with E-state index in [2.05, 4.69) is 10.6 Å². The topological polar surface area (TPSA) is 78.4 Å². The van der Waals surface area contributed by atoms with Crippen LogP contribution in [0.1, 0.15) is 19.8 Å². The van der Waals surface area contributed by atoms with Crippen molar-refractivity contribution in [2.24, 2.45) is 0 Å². The molecule has 2 rings (SSSR count). The summed E-state index contributed by atoms with van der Waals surface area (Å²) in [4.78, 5) is 23.0. The summed E-state index contributed by atoms with van der Waals surface area (Å²) in [5, 5.41) is 16.2. The molecule has 21 heavy (non-hydrogen) atoms. The van der Waals surface area contributed by atoms with Crippen molar-refractivity contribution >= 4 is 28.5 Å². The van der Waals surface area contributed by atoms with E-state index in [0.29, 0.717) is 18.5 Å². The molecule has 0 heterocycles. The van der Waals surface area contributed by atoms with Gasteiger partial charge in [0.2, 0.25) is 0 Å². The molecule has 0 saturated carbocycles. The number of carboxylic acid groups (broad SMARTS) is 1. The van der Waals surface area contributed by atoms with Crippen molar-refractivity contribution in [1.29, 1.82) is 0 Å². The first-order chi connectivity index (χ1) is 10.1. The molecule has 3 N–H and O–H groups in total. The highest BCUT2D eigenvalue weighted by molar-refractivity contribution is 6.02. The van der Waals surface area contributed by atoms with Crippen LogP contribution in [0.4, 0.5) is 10.5 Å². The van der Waals surface area contributed by atoms with Crippen molar-refractivity contribution < 1.29 is 14.7 Å². The van der Waals surface area contributed by atoms with E-state index >= 15 is 0 Å². The van der Waals surface area contributed by atoms with E-state index in [9.17, 15) is 9.59 Å². The Morgan fingerprint density at radius 1 is 1.14 bits per heavy atom. The van der Waals surface area contributed by atoms with Crippen molar-refractivity contribution in [3.63, 3.8) is 0 Å². The first-order valence-corrected chi connectivity index (χ1v) is 6.90. The molecule has 0 bridgehead atoms. The normalized spacial score (nSPS) is 11.9. The minimum atomic E-state index is -1.02. The van der Waals surface area contributed by atoms with Crippen LogP contribution in [-0.4, -0.2) is 23.1 Å². The lowest BCUT2D eigenvalue weighted by Gasteiger charge is -2.15. The number of hydrogen-bond acceptors (Lipinski definition) is 2. The summed E-state index contributed by atoms with van der Waals surface area (Å²) in [6, 6.07) is 11.9. The van der Waals surface area contributed by atoms with Crippen LogP contribution in [0.3, 0.4) is 0 Å². The quantitative estimate of drug-likeness (QED) is 0.789. The summed E-state index contributed by atoms with van der Waals surface area (Å²) in [5.74, 6) is -1.02. The van der Waals surface area contributed by atoms with Gasteiger partial charge in [-0.05, 0) is 17.9 Å². The predicted octanol–water partition coefficient (Wildman–Crippen LogP) is 3.21. The molecular weight excluding hydrogens is 268 g/mol. The third-order valence-electron chi connectivity index (χ3n) is 3.22. The van der Waals surface area contributed by atoms with Gasteiger partial charge >= 0.3 is 12.0 Å². The third kappa shape index (κ3) is 3.72. The maximum Gasteiger partial charge on any atom is 0.326 e. The van der Waals surface area contributed by atoms with Crippen molar-refractivity contribution in [2.45, 2.75) is 25.8 Å². The lowest BCUT2D eigenvalue weighted by atomic mass is 10.1. The van der Waals surface area contributed by atoms with Gasteiger partial charge in [-0.2, -0.15) is 0 Å². The zero-order valence-electron chi connectivity index (χ0n) is 11.8. The van der Waals surface area contributed by atoms with E-state index in [0.717, 1.165) is 10.8 Å². The number of amides is 2. The third-order valence-corrected chi connectivity index (χ3v) is 3.22. The highest BCUT2D eigenvalue weighted by Gasteiger charge is 2.18. The Morgan fingerprint density at radius 2 is 1.86 bits per heavy atom. The lowest BCUT2D eigenvalue weighted by molar-refractivity contribution is -0.139. The van der Waals surface area contributed by atoms with Crippen LogP contribution in [0, 0.1) is 0 Å². The van der Waals surface area contributed by atoms with Crippen LogP contribution in [-0.2, 0) is 4.79 Å². The number of anilines is 1. The molecule has 0 saturated heterocycles. The fraction of sp³-hybridized carbons (Fsp3) is 0.250. The molecule has 0 aromatic heterocycles. The molecule has 0 aliphatic heterocycles. The number of urea groups is 1. The minimum absolute atomic E-state index is 0.401. The molecule has 0 aliphatic carbocycles. The van der Waals surface area contributed by atoms with Gasteiger partial charge in [0, 0.05) is 5.39 Å². The van der Waals surface area contributed by atoms with E-state index in [1.165, 1.54) is 0 Å². The van der Waals surface area contributed by atoms with Crippen LogP contribution >= 0.6 is 0 Å². The molecule has 110 valence electrons. The first kappa shape index (κ1) is 14.8. The van der Waals surface area contributed by atoms with E-state index in [-0.39, 0.29) is 0 Å². The largest absolute Gasteiger partial charge is 0.480 e. The smallest absolute Gasteiger partial charge is 0.326 e. The zero-order chi connectivity index (χ0) is 15.2. The van der Waals surface area contributed by atoms with Crippen molar-refractivity contribution in [1.82, 2.24) is 5.32 Å². The number of rotatable bonds is 5. The first-order valence-electron chi connectivity index (χ1n) is 6.90. The van der Waals surface area contributed by atoms with Gasteiger partial charge in [0.25, 0.3) is 0 Å². The van der Waals surface area contributed by atoms with E-state index in [1.54, 1.807) is 6.07 Å². The van der Waals surface area contributed by atoms with Crippen LogP contribution < -0.4 is 10.6 Å². The van der Waals surface area contributed by atoms with Crippen molar-refractivity contribution in [3.05, 3.63) is 42.5 Å². The Bertz CT molecular complexity index is 650. The van der Waals surface area contributed by atoms with E-state index in [4.69, 9.17) is 5.11 Å². The van der Waals surface area contributed by atoms with Crippen LogP contribution in [0.25, 0.3) is 10.8 Å². The molecule has 0 fully saturated rings. The molecular formula is C16H18N2O3. The second-order valence-corrected chi connectivity index (χ2v) is 4.80. The van der Waals surface area contributed by atoms with Crippen LogP contribution in [0.15, 0.2) is 42.5 Å². The average molecular weight is 286 g/mol. The van der Waals surface area contributed by atoms with Gasteiger partial charge in [0.15, 0.2) is 0 Å². The van der Waals surface area contributed by atoms with Crippen LogP contribution in [0.2, 0.25) is 0 Å². The Balaban J connectivity index is 2.13. The summed E-state index contributed by atoms with van der Waals surface area (Å²) >= 11 is 0. The fourth-order valence-electron chi connectivity index (χ4n) is 2.20. The number of nitrogens with one attached hydrogen (secondary N) is 2. The van der Waals surface area contributed by atoms with Gasteiger partial charge in [-0.25, -0.2) is 9.59 Å². The summed E-state index contributed by atoms with van der Waals surface area (Å²) in [6.07, 6.45) is 1.09. The van der Waals surface area contributed by atoms with E-state index in [1.807, 2.05) is 43.3 Å². The minimum Gasteiger partial charge on any atom is -0.480 e. The van der Waals surface area contributed by atoms with E-state index < -0.39 is 18.0 Å². The molecule has 5 nitrogen and oxygen atoms in total. The molecule has 2 aromatic rings. The summed E-state index contributed by atoms with van der Waals surface area (Å²) in [7, 11) is 0. The zero-order valence-corrected chi connectivity index (χ0v) is 11.8. The Kier molecular flexibility index (Phi) is 4.77. The lowest BCUT2D eigenvalue weighted by Crippen LogP contribution is -2.42. The highest BCUT2D eigenvalue weighted by Crippen LogP contribution is 2.22. The molecule has 0 unspecified atom stereocenters. The maximum absolute atomic E-state index is 12.0. The SMILES string of the molecule is CCC[C@@H](NC(=O)Nc1cccc2ccccc12)C(=O)O. The molecule has 2 aromatic carbocycles. The standard InChI is InChI=1S/C16H18N2O3/c1-2-6-14(15(19)20)18-16(21)17-13-10-5-8-11-7-3-4-9-12(11)13/h3-5,7-10,14H,2,6H2,1H3,(H,19,20)(H2,17,18,21)/t14-/m1/s1. The molecule has 0 spiro atoms. The molecule has 0 radical (unpaired) electrons. The van der Waals surface area contributed by atoms with Gasteiger partial charge in [0.1, 0.15) is 6.04 Å². The van der Waals surface area contributed by atoms with Crippen molar-refractivity contribution in [2.75, 3.05) is 5.32 Å². The average Bonchev–Trinajstić information content (AvgIpc) is 2.47. The second-order valence-electron chi connectivity index (χ2n) is 4.80. The van der Waals surface area contributed by atoms with Gasteiger partial charge in [-0.3, -0.25) is 0 Å². The number of carbonyl (C=O) groups is 2. The Labute approximate surface area is 123 Å². The maximum atomic E-state index is 12.0. The summed E-state index contributed by atoms with van der Waals surface area (Å²) in [6.45, 7) is 1.88. The highest BCUT2D eigenvalue weighted by atomic mass is 16.4. The second kappa shape index (κ2) is 6.74. The fourth-order valence-corrected chi connectivity index (χ4v) is 2.20. The van der Waals surface area contributed by atoms with Crippen molar-refractivity contribution in [3.8, 4) is 0 Å². The monoisotopic (exact) mass is 286 g/mol. The molecule has 5 heteroatoms. The van der Waals surface area contributed by atoms with Gasteiger partial charge < -0.3 is 15.7 Å². The van der Waals surface area contributed by atoms with Gasteiger partial charge in [-0.1, -0.05) is 49.7 Å². The Morgan fingerprint density at radius 3 is 2.57 bits per heavy atom. The summed E-state index contributed by atoms with van der Waals surface area (Å²) in [5.41, 5.74) is 0.659. The van der Waals surface area contributed by atoms with Crippen LogP contribution in [0.5, 0.6) is 0 Å². The number of hydrogen-bond donors (Lipinski definition) is 3. The molecule has 1 atom stereocenters. The number of carbonyl (C=O) groups excluding carboxylic acids is 1. The molecule has 0 aliphatic rings. The number of benzene rings is 2. The number of carboxylic acids is 1. The van der Waals surface area contributed by atoms with Gasteiger partial charge in [-0.15, -0.1) is 0 Å². The summed E-state index contributed by atoms with van der Waals surface area (Å²) < 4.78 is 0. The molecule has 2 amide bonds. The number of fused-ring (bicyclic) bond motifs is 1. The number of aliphatic carboxylic acids is 1. The van der Waals surface area contributed by atoms with Gasteiger partial charge in [0.05, 0.1) is 5.69 Å².